The summed E-state index contributed by atoms with van der Waals surface area (Å²) in [5, 5.41) is 4.03. The number of hydrogen-bond acceptors (Lipinski definition) is 5. The molecule has 0 bridgehead atoms. The lowest BCUT2D eigenvalue weighted by Crippen LogP contribution is -2.26. The molecule has 1 aromatic carbocycles. The van der Waals surface area contributed by atoms with Gasteiger partial charge in [0, 0.05) is 5.57 Å². The molecule has 0 radical (unpaired) electrons. The van der Waals surface area contributed by atoms with Gasteiger partial charge in [0.25, 0.3) is 0 Å². The van der Waals surface area contributed by atoms with E-state index in [0.717, 1.165) is 12.1 Å². The Morgan fingerprint density at radius 1 is 1.21 bits per heavy atom. The van der Waals surface area contributed by atoms with Gasteiger partial charge in [0.15, 0.2) is 5.82 Å². The molecule has 156 valence electrons. The molecule has 0 spiro atoms. The molecule has 1 atom stereocenters. The van der Waals surface area contributed by atoms with Crippen LogP contribution in [0.2, 0.25) is 0 Å². The molecule has 1 saturated carbocycles. The number of rotatable bonds is 5. The van der Waals surface area contributed by atoms with Crippen molar-refractivity contribution < 1.29 is 27.2 Å². The van der Waals surface area contributed by atoms with Crippen molar-refractivity contribution in [3.05, 3.63) is 59.3 Å². The highest BCUT2D eigenvalue weighted by molar-refractivity contribution is 5.89. The number of aromatic nitrogens is 2. The topological polar surface area (TPSA) is 65.2 Å². The highest BCUT2D eigenvalue weighted by atomic mass is 19.4. The Kier molecular flexibility index (Phi) is 5.09. The van der Waals surface area contributed by atoms with Gasteiger partial charge in [0.1, 0.15) is 5.60 Å². The van der Waals surface area contributed by atoms with Gasteiger partial charge < -0.3 is 9.26 Å². The van der Waals surface area contributed by atoms with Crippen LogP contribution in [-0.2, 0) is 21.1 Å². The monoisotopic (exact) mass is 408 g/mol. The quantitative estimate of drug-likeness (QED) is 0.504. The summed E-state index contributed by atoms with van der Waals surface area (Å²) in [7, 11) is 0. The molecular formula is C21H23F3N2O3. The Hall–Kier alpha value is -2.64. The average molecular weight is 408 g/mol. The maximum absolute atomic E-state index is 12.8. The summed E-state index contributed by atoms with van der Waals surface area (Å²) < 4.78 is 49.1. The van der Waals surface area contributed by atoms with Crippen molar-refractivity contribution in [1.29, 1.82) is 0 Å². The molecule has 5 nitrogen and oxygen atoms in total. The molecule has 8 heteroatoms. The lowest BCUT2D eigenvalue weighted by Gasteiger charge is -2.21. The van der Waals surface area contributed by atoms with Crippen molar-refractivity contribution >= 4 is 5.97 Å². The molecule has 1 aromatic heterocycles. The van der Waals surface area contributed by atoms with Crippen LogP contribution in [0.3, 0.4) is 0 Å². The number of carbonyl (C=O) groups is 1. The Labute approximate surface area is 166 Å². The highest BCUT2D eigenvalue weighted by Crippen LogP contribution is 2.52. The predicted octanol–water partition coefficient (Wildman–Crippen LogP) is 5.17. The fourth-order valence-corrected chi connectivity index (χ4v) is 3.02. The Balaban J connectivity index is 1.79. The van der Waals surface area contributed by atoms with Crippen LogP contribution >= 0.6 is 0 Å². The van der Waals surface area contributed by atoms with Gasteiger partial charge in [-0.3, -0.25) is 0 Å². The first kappa shape index (κ1) is 21.1. The van der Waals surface area contributed by atoms with Gasteiger partial charge >= 0.3 is 12.1 Å². The van der Waals surface area contributed by atoms with Gasteiger partial charge in [-0.15, -0.1) is 0 Å². The second-order valence-electron chi connectivity index (χ2n) is 8.36. The molecule has 1 unspecified atom stereocenters. The third-order valence-electron chi connectivity index (χ3n) is 4.94. The lowest BCUT2D eigenvalue weighted by atomic mass is 9.94. The maximum Gasteiger partial charge on any atom is 0.416 e. The second-order valence-corrected chi connectivity index (χ2v) is 8.36. The van der Waals surface area contributed by atoms with Gasteiger partial charge in [-0.25, -0.2) is 4.79 Å². The van der Waals surface area contributed by atoms with E-state index >= 15 is 0 Å². The number of benzene rings is 1. The first-order valence-electron chi connectivity index (χ1n) is 9.27. The minimum absolute atomic E-state index is 0.189. The Morgan fingerprint density at radius 3 is 2.28 bits per heavy atom. The zero-order valence-corrected chi connectivity index (χ0v) is 16.8. The molecule has 1 heterocycles. The average Bonchev–Trinajstić information content (AvgIpc) is 3.28. The van der Waals surface area contributed by atoms with E-state index in [1.54, 1.807) is 27.7 Å². The number of halogens is 3. The standard InChI is InChI=1S/C21H23F3N2O3/c1-12(13(2)17(27)28-19(3,4)5)16-25-18(26-29-16)20(10-11-20)14-6-8-15(9-7-14)21(22,23)24/h6-9,12H,2,10-11H2,1,3-5H3. The van der Waals surface area contributed by atoms with Crippen LogP contribution in [0.4, 0.5) is 13.2 Å². The fourth-order valence-electron chi connectivity index (χ4n) is 3.02. The minimum atomic E-state index is -4.38. The van der Waals surface area contributed by atoms with Crippen molar-refractivity contribution in [2.24, 2.45) is 0 Å². The van der Waals surface area contributed by atoms with Crippen molar-refractivity contribution in [2.75, 3.05) is 0 Å². The van der Waals surface area contributed by atoms with Crippen LogP contribution < -0.4 is 0 Å². The number of esters is 1. The molecule has 1 aliphatic rings. The molecule has 29 heavy (non-hydrogen) atoms. The van der Waals surface area contributed by atoms with Crippen molar-refractivity contribution in [3.8, 4) is 0 Å². The van der Waals surface area contributed by atoms with E-state index in [2.05, 4.69) is 16.7 Å². The van der Waals surface area contributed by atoms with E-state index in [1.807, 2.05) is 0 Å². The van der Waals surface area contributed by atoms with Crippen molar-refractivity contribution in [1.82, 2.24) is 10.1 Å². The third-order valence-corrected chi connectivity index (χ3v) is 4.94. The number of hydrogen-bond donors (Lipinski definition) is 0. The highest BCUT2D eigenvalue weighted by Gasteiger charge is 2.50. The third kappa shape index (κ3) is 4.36. The zero-order chi connectivity index (χ0) is 21.6. The summed E-state index contributed by atoms with van der Waals surface area (Å²) >= 11 is 0. The van der Waals surface area contributed by atoms with Crippen LogP contribution in [0.5, 0.6) is 0 Å². The van der Waals surface area contributed by atoms with Gasteiger partial charge in [-0.1, -0.05) is 23.9 Å². The molecule has 0 aliphatic heterocycles. The zero-order valence-electron chi connectivity index (χ0n) is 16.8. The van der Waals surface area contributed by atoms with E-state index in [0.29, 0.717) is 24.2 Å². The molecule has 2 aromatic rings. The first-order chi connectivity index (χ1) is 13.3. The molecular weight excluding hydrogens is 385 g/mol. The number of carbonyl (C=O) groups excluding carboxylic acids is 1. The van der Waals surface area contributed by atoms with Crippen molar-refractivity contribution in [2.45, 2.75) is 63.6 Å². The lowest BCUT2D eigenvalue weighted by molar-refractivity contribution is -0.150. The largest absolute Gasteiger partial charge is 0.457 e. The molecule has 0 saturated heterocycles. The molecule has 1 aliphatic carbocycles. The number of alkyl halides is 3. The molecule has 3 rings (SSSR count). The smallest absolute Gasteiger partial charge is 0.416 e. The van der Waals surface area contributed by atoms with E-state index in [4.69, 9.17) is 9.26 Å². The Morgan fingerprint density at radius 2 is 1.79 bits per heavy atom. The number of ether oxygens (including phenoxy) is 1. The first-order valence-corrected chi connectivity index (χ1v) is 9.27. The van der Waals surface area contributed by atoms with Crippen LogP contribution in [0.15, 0.2) is 40.9 Å². The molecule has 0 N–H and O–H groups in total. The molecule has 0 amide bonds. The van der Waals surface area contributed by atoms with E-state index < -0.39 is 34.6 Å². The minimum Gasteiger partial charge on any atom is -0.457 e. The van der Waals surface area contributed by atoms with Gasteiger partial charge in [-0.05, 0) is 58.2 Å². The van der Waals surface area contributed by atoms with Crippen LogP contribution in [0.25, 0.3) is 0 Å². The van der Waals surface area contributed by atoms with E-state index in [9.17, 15) is 18.0 Å². The summed E-state index contributed by atoms with van der Waals surface area (Å²) in [5.41, 5.74) is -1.02. The predicted molar refractivity (Wildman–Crippen MR) is 99.2 cm³/mol. The molecule has 1 fully saturated rings. The van der Waals surface area contributed by atoms with Crippen LogP contribution in [0.1, 0.15) is 69.3 Å². The summed E-state index contributed by atoms with van der Waals surface area (Å²) in [6.07, 6.45) is -2.97. The van der Waals surface area contributed by atoms with Crippen LogP contribution in [-0.4, -0.2) is 21.7 Å². The van der Waals surface area contributed by atoms with E-state index in [-0.39, 0.29) is 11.5 Å². The SMILES string of the molecule is C=C(C(=O)OC(C)(C)C)C(C)c1nc(C2(c3ccc(C(F)(F)F)cc3)CC2)no1. The Bertz CT molecular complexity index is 920. The summed E-state index contributed by atoms with van der Waals surface area (Å²) in [4.78, 5) is 16.6. The summed E-state index contributed by atoms with van der Waals surface area (Å²) in [6, 6.07) is 5.02. The van der Waals surface area contributed by atoms with Crippen LogP contribution in [0, 0.1) is 0 Å². The summed E-state index contributed by atoms with van der Waals surface area (Å²) in [6.45, 7) is 10.8. The number of nitrogens with zero attached hydrogens (tertiary/aromatic N) is 2. The second kappa shape index (κ2) is 7.00. The fraction of sp³-hybridized carbons (Fsp3) is 0.476. The van der Waals surface area contributed by atoms with Gasteiger partial charge in [0.05, 0.1) is 16.9 Å². The van der Waals surface area contributed by atoms with Gasteiger partial charge in [-0.2, -0.15) is 18.2 Å². The van der Waals surface area contributed by atoms with Gasteiger partial charge in [0.2, 0.25) is 5.89 Å². The summed E-state index contributed by atoms with van der Waals surface area (Å²) in [5.74, 6) is -0.478. The van der Waals surface area contributed by atoms with E-state index in [1.165, 1.54) is 12.1 Å². The normalized spacial score (nSPS) is 16.9. The maximum atomic E-state index is 12.8. The van der Waals surface area contributed by atoms with Crippen molar-refractivity contribution in [3.63, 3.8) is 0 Å².